The summed E-state index contributed by atoms with van der Waals surface area (Å²) in [7, 11) is 0. The molecule has 0 aliphatic rings. The van der Waals surface area contributed by atoms with Crippen molar-refractivity contribution in [1.82, 2.24) is 4.98 Å². The highest BCUT2D eigenvalue weighted by Crippen LogP contribution is 2.23. The second-order valence-corrected chi connectivity index (χ2v) is 5.85. The molecule has 1 nitrogen and oxygen atoms in total. The van der Waals surface area contributed by atoms with Gasteiger partial charge in [-0.1, -0.05) is 34.1 Å². The van der Waals surface area contributed by atoms with Crippen LogP contribution in [0.4, 0.5) is 0 Å². The molecule has 1 aromatic heterocycles. The summed E-state index contributed by atoms with van der Waals surface area (Å²) < 4.78 is 1.22. The molecule has 0 N–H and O–H groups in total. The summed E-state index contributed by atoms with van der Waals surface area (Å²) in [5, 5.41) is 3.24. The van der Waals surface area contributed by atoms with Gasteiger partial charge in [-0.15, -0.1) is 11.3 Å². The number of thioether (sulfide) groups is 1. The van der Waals surface area contributed by atoms with Crippen molar-refractivity contribution < 1.29 is 0 Å². The van der Waals surface area contributed by atoms with Gasteiger partial charge in [-0.25, -0.2) is 4.98 Å². The molecule has 0 saturated carbocycles. The van der Waals surface area contributed by atoms with Gasteiger partial charge in [0.1, 0.15) is 4.34 Å². The maximum Gasteiger partial charge on any atom is 0.150 e. The molecule has 1 rings (SSSR count). The summed E-state index contributed by atoms with van der Waals surface area (Å²) in [6.45, 7) is 2.05. The first kappa shape index (κ1) is 11.5. The van der Waals surface area contributed by atoms with Gasteiger partial charge in [0.05, 0.1) is 0 Å². The minimum absolute atomic E-state index is 1.13. The number of aromatic nitrogens is 1. The fraction of sp³-hybridized carbons (Fsp3) is 0.667. The molecule has 1 heterocycles. The average Bonchev–Trinajstić information content (AvgIpc) is 2.51. The Bertz CT molecular complexity index is 237. The molecule has 1 aromatic rings. The molecule has 0 aliphatic heterocycles. The Kier molecular flexibility index (Phi) is 6.07. The van der Waals surface area contributed by atoms with Gasteiger partial charge in [0.2, 0.25) is 0 Å². The van der Waals surface area contributed by atoms with Crippen LogP contribution in [0.2, 0.25) is 0 Å². The molecule has 0 fully saturated rings. The predicted octanol–water partition coefficient (Wildman–Crippen LogP) is 4.11. The van der Waals surface area contributed by atoms with Crippen LogP contribution in [0, 0.1) is 6.92 Å². The van der Waals surface area contributed by atoms with E-state index in [0.717, 1.165) is 11.0 Å². The van der Waals surface area contributed by atoms with E-state index in [1.165, 1.54) is 29.4 Å². The number of halogens is 1. The van der Waals surface area contributed by atoms with Crippen LogP contribution < -0.4 is 0 Å². The van der Waals surface area contributed by atoms with E-state index < -0.39 is 0 Å². The molecule has 0 aliphatic carbocycles. The lowest BCUT2D eigenvalue weighted by Gasteiger charge is -1.96. The molecular formula is C9H14BrNS2. The molecular weight excluding hydrogens is 266 g/mol. The third-order valence-electron chi connectivity index (χ3n) is 1.60. The molecule has 4 heteroatoms. The smallest absolute Gasteiger partial charge is 0.150 e. The third-order valence-corrected chi connectivity index (χ3v) is 4.39. The van der Waals surface area contributed by atoms with Crippen molar-refractivity contribution in [2.45, 2.75) is 30.5 Å². The largest absolute Gasteiger partial charge is 0.235 e. The molecule has 0 saturated heterocycles. The SMILES string of the molecule is Cc1csc(SCCCCCBr)n1. The van der Waals surface area contributed by atoms with Gasteiger partial charge in [0, 0.05) is 22.2 Å². The van der Waals surface area contributed by atoms with Gasteiger partial charge in [0.15, 0.2) is 0 Å². The zero-order valence-electron chi connectivity index (χ0n) is 7.75. The Hall–Kier alpha value is 0.460. The highest BCUT2D eigenvalue weighted by Gasteiger charge is 1.98. The number of unbranched alkanes of at least 4 members (excludes halogenated alkanes) is 2. The van der Waals surface area contributed by atoms with Gasteiger partial charge in [-0.3, -0.25) is 0 Å². The van der Waals surface area contributed by atoms with Crippen molar-refractivity contribution in [2.75, 3.05) is 11.1 Å². The van der Waals surface area contributed by atoms with Gasteiger partial charge in [-0.05, 0) is 19.8 Å². The Morgan fingerprint density at radius 3 is 2.92 bits per heavy atom. The van der Waals surface area contributed by atoms with E-state index in [9.17, 15) is 0 Å². The predicted molar refractivity (Wildman–Crippen MR) is 65.2 cm³/mol. The molecule has 0 spiro atoms. The number of nitrogens with zero attached hydrogens (tertiary/aromatic N) is 1. The van der Waals surface area contributed by atoms with Crippen LogP contribution in [0.3, 0.4) is 0 Å². The molecule has 0 atom stereocenters. The first-order valence-corrected chi connectivity index (χ1v) is 7.42. The number of alkyl halides is 1. The highest BCUT2D eigenvalue weighted by atomic mass is 79.9. The molecule has 74 valence electrons. The van der Waals surface area contributed by atoms with E-state index in [-0.39, 0.29) is 0 Å². The third kappa shape index (κ3) is 5.03. The second-order valence-electron chi connectivity index (χ2n) is 2.85. The standard InChI is InChI=1S/C9H14BrNS2/c1-8-7-13-9(11-8)12-6-4-2-3-5-10/h7H,2-6H2,1H3. The molecule has 13 heavy (non-hydrogen) atoms. The van der Waals surface area contributed by atoms with E-state index in [2.05, 4.69) is 26.3 Å². The summed E-state index contributed by atoms with van der Waals surface area (Å²) in [5.74, 6) is 1.21. The number of hydrogen-bond donors (Lipinski definition) is 0. The first-order chi connectivity index (χ1) is 6.33. The zero-order valence-corrected chi connectivity index (χ0v) is 11.0. The van der Waals surface area contributed by atoms with Crippen LogP contribution in [0.5, 0.6) is 0 Å². The topological polar surface area (TPSA) is 12.9 Å². The quantitative estimate of drug-likeness (QED) is 0.442. The minimum atomic E-state index is 1.13. The van der Waals surface area contributed by atoms with E-state index >= 15 is 0 Å². The van der Waals surface area contributed by atoms with Crippen LogP contribution in [0.1, 0.15) is 25.0 Å². The first-order valence-electron chi connectivity index (χ1n) is 4.44. The number of hydrogen-bond acceptors (Lipinski definition) is 3. The lowest BCUT2D eigenvalue weighted by Crippen LogP contribution is -1.81. The lowest BCUT2D eigenvalue weighted by atomic mass is 10.3. The van der Waals surface area contributed by atoms with Crippen molar-refractivity contribution in [3.63, 3.8) is 0 Å². The summed E-state index contributed by atoms with van der Waals surface area (Å²) in [5.41, 5.74) is 1.15. The van der Waals surface area contributed by atoms with E-state index in [1.807, 2.05) is 18.7 Å². The maximum atomic E-state index is 4.40. The van der Waals surface area contributed by atoms with Crippen molar-refractivity contribution in [2.24, 2.45) is 0 Å². The lowest BCUT2D eigenvalue weighted by molar-refractivity contribution is 0.788. The van der Waals surface area contributed by atoms with E-state index in [0.29, 0.717) is 0 Å². The molecule has 0 unspecified atom stereocenters. The van der Waals surface area contributed by atoms with E-state index in [1.54, 1.807) is 11.3 Å². The van der Waals surface area contributed by atoms with Gasteiger partial charge in [-0.2, -0.15) is 0 Å². The summed E-state index contributed by atoms with van der Waals surface area (Å²) in [6.07, 6.45) is 3.91. The average molecular weight is 280 g/mol. The van der Waals surface area contributed by atoms with Gasteiger partial charge < -0.3 is 0 Å². The monoisotopic (exact) mass is 279 g/mol. The van der Waals surface area contributed by atoms with Gasteiger partial charge in [0.25, 0.3) is 0 Å². The van der Waals surface area contributed by atoms with Crippen molar-refractivity contribution in [3.8, 4) is 0 Å². The zero-order chi connectivity index (χ0) is 9.52. The molecule has 0 radical (unpaired) electrons. The van der Waals surface area contributed by atoms with Gasteiger partial charge >= 0.3 is 0 Å². The Labute approximate surface area is 96.5 Å². The molecule has 0 aromatic carbocycles. The summed E-state index contributed by atoms with van der Waals surface area (Å²) in [6, 6.07) is 0. The van der Waals surface area contributed by atoms with E-state index in [4.69, 9.17) is 0 Å². The second kappa shape index (κ2) is 6.85. The molecule has 0 amide bonds. The number of rotatable bonds is 6. The maximum absolute atomic E-state index is 4.40. The van der Waals surface area contributed by atoms with Crippen LogP contribution >= 0.6 is 39.0 Å². The Balaban J connectivity index is 2.06. The van der Waals surface area contributed by atoms with Crippen LogP contribution in [-0.4, -0.2) is 16.1 Å². The Morgan fingerprint density at radius 1 is 1.46 bits per heavy atom. The number of thiazole rings is 1. The van der Waals surface area contributed by atoms with Crippen molar-refractivity contribution >= 4 is 39.0 Å². The number of aryl methyl sites for hydroxylation is 1. The van der Waals surface area contributed by atoms with Crippen molar-refractivity contribution in [1.29, 1.82) is 0 Å². The fourth-order valence-corrected chi connectivity index (χ4v) is 3.25. The summed E-state index contributed by atoms with van der Waals surface area (Å²) >= 11 is 7.07. The normalized spacial score (nSPS) is 10.6. The van der Waals surface area contributed by atoms with Crippen molar-refractivity contribution in [3.05, 3.63) is 11.1 Å². The Morgan fingerprint density at radius 2 is 2.31 bits per heavy atom. The highest BCUT2D eigenvalue weighted by molar-refractivity contribution is 9.09. The summed E-state index contributed by atoms with van der Waals surface area (Å²) in [4.78, 5) is 4.40. The van der Waals surface area contributed by atoms with Crippen LogP contribution in [0.15, 0.2) is 9.72 Å². The fourth-order valence-electron chi connectivity index (χ4n) is 0.931. The van der Waals surface area contributed by atoms with Crippen LogP contribution in [-0.2, 0) is 0 Å². The van der Waals surface area contributed by atoms with Crippen LogP contribution in [0.25, 0.3) is 0 Å². The minimum Gasteiger partial charge on any atom is -0.235 e. The molecule has 0 bridgehead atoms.